The number of hydrogen-bond acceptors (Lipinski definition) is 5. The molecular formula is C17H25N3O3S. The van der Waals surface area contributed by atoms with Gasteiger partial charge in [-0.15, -0.1) is 11.8 Å². The van der Waals surface area contributed by atoms with Crippen molar-refractivity contribution in [3.05, 3.63) is 29.8 Å². The van der Waals surface area contributed by atoms with Crippen molar-refractivity contribution in [2.45, 2.75) is 23.5 Å². The molecule has 2 atom stereocenters. The summed E-state index contributed by atoms with van der Waals surface area (Å²) in [4.78, 5) is 28.6. The molecule has 132 valence electrons. The van der Waals surface area contributed by atoms with E-state index in [1.807, 2.05) is 29.4 Å². The lowest BCUT2D eigenvalue weighted by Gasteiger charge is -2.36. The number of amides is 2. The first-order chi connectivity index (χ1) is 11.4. The summed E-state index contributed by atoms with van der Waals surface area (Å²) >= 11 is 1.52. The van der Waals surface area contributed by atoms with E-state index in [4.69, 9.17) is 0 Å². The molecule has 1 fully saturated rings. The molecule has 1 heterocycles. The Morgan fingerprint density at radius 1 is 1.38 bits per heavy atom. The minimum Gasteiger partial charge on any atom is -0.390 e. The van der Waals surface area contributed by atoms with Gasteiger partial charge in [-0.1, -0.05) is 12.1 Å². The quantitative estimate of drug-likeness (QED) is 0.763. The molecule has 1 aliphatic rings. The average Bonchev–Trinajstić information content (AvgIpc) is 2.57. The lowest BCUT2D eigenvalue weighted by molar-refractivity contribution is -0.130. The average molecular weight is 351 g/mol. The van der Waals surface area contributed by atoms with Crippen molar-refractivity contribution in [3.8, 4) is 0 Å². The zero-order valence-electron chi connectivity index (χ0n) is 14.4. The Morgan fingerprint density at radius 3 is 2.71 bits per heavy atom. The summed E-state index contributed by atoms with van der Waals surface area (Å²) in [5.41, 5.74) is 0.627. The van der Waals surface area contributed by atoms with Crippen LogP contribution >= 0.6 is 11.8 Å². The maximum atomic E-state index is 12.5. The number of likely N-dealkylation sites (tertiary alicyclic amines) is 1. The van der Waals surface area contributed by atoms with Crippen LogP contribution in [0.4, 0.5) is 0 Å². The summed E-state index contributed by atoms with van der Waals surface area (Å²) in [6.45, 7) is 1.35. The Hall–Kier alpha value is -1.57. The standard InChI is InChI=1S/C17H25N3O3S/c1-19(2)16(22)11-20-9-8-13(14(21)10-20)18-17(23)12-6-4-5-7-15(12)24-3/h4-7,13-14,21H,8-11H2,1-3H3,(H,18,23)/t13-,14-/m1/s1. The Labute approximate surface area is 147 Å². The maximum absolute atomic E-state index is 12.5. The fourth-order valence-electron chi connectivity index (χ4n) is 2.72. The molecule has 0 spiro atoms. The molecule has 0 radical (unpaired) electrons. The summed E-state index contributed by atoms with van der Waals surface area (Å²) in [5.74, 6) is -0.152. The number of rotatable bonds is 5. The van der Waals surface area contributed by atoms with E-state index in [0.29, 0.717) is 31.6 Å². The van der Waals surface area contributed by atoms with Gasteiger partial charge in [-0.2, -0.15) is 0 Å². The van der Waals surface area contributed by atoms with Crippen molar-refractivity contribution in [1.29, 1.82) is 0 Å². The molecule has 0 bridgehead atoms. The van der Waals surface area contributed by atoms with Crippen molar-refractivity contribution in [2.75, 3.05) is 40.0 Å². The van der Waals surface area contributed by atoms with Crippen molar-refractivity contribution in [3.63, 3.8) is 0 Å². The summed E-state index contributed by atoms with van der Waals surface area (Å²) < 4.78 is 0. The van der Waals surface area contributed by atoms with Gasteiger partial charge >= 0.3 is 0 Å². The SMILES string of the molecule is CSc1ccccc1C(=O)N[C@@H]1CCN(CC(=O)N(C)C)C[C@H]1O. The molecule has 1 aromatic carbocycles. The third-order valence-corrected chi connectivity index (χ3v) is 4.99. The van der Waals surface area contributed by atoms with Crippen LogP contribution in [0, 0.1) is 0 Å². The second kappa shape index (κ2) is 8.50. The van der Waals surface area contributed by atoms with Crippen LogP contribution in [-0.2, 0) is 4.79 Å². The number of likely N-dealkylation sites (N-methyl/N-ethyl adjacent to an activating group) is 1. The first kappa shape index (κ1) is 18.8. The van der Waals surface area contributed by atoms with Gasteiger partial charge in [0.1, 0.15) is 0 Å². The van der Waals surface area contributed by atoms with Gasteiger partial charge in [0.05, 0.1) is 24.3 Å². The predicted octanol–water partition coefficient (Wildman–Crippen LogP) is 0.662. The van der Waals surface area contributed by atoms with Gasteiger partial charge < -0.3 is 15.3 Å². The smallest absolute Gasteiger partial charge is 0.252 e. The number of nitrogens with zero attached hydrogens (tertiary/aromatic N) is 2. The first-order valence-corrected chi connectivity index (χ1v) is 9.19. The van der Waals surface area contributed by atoms with Crippen LogP contribution in [-0.4, -0.2) is 78.9 Å². The monoisotopic (exact) mass is 351 g/mol. The molecule has 1 aliphatic heterocycles. The highest BCUT2D eigenvalue weighted by Gasteiger charge is 2.30. The molecule has 0 saturated carbocycles. The van der Waals surface area contributed by atoms with Crippen molar-refractivity contribution >= 4 is 23.6 Å². The van der Waals surface area contributed by atoms with Gasteiger partial charge in [0, 0.05) is 32.1 Å². The zero-order chi connectivity index (χ0) is 17.7. The number of hydrogen-bond donors (Lipinski definition) is 2. The van der Waals surface area contributed by atoms with Gasteiger partial charge in [-0.05, 0) is 24.8 Å². The van der Waals surface area contributed by atoms with E-state index in [9.17, 15) is 14.7 Å². The second-order valence-corrected chi connectivity index (χ2v) is 7.01. The summed E-state index contributed by atoms with van der Waals surface area (Å²) in [6.07, 6.45) is 1.87. The molecule has 7 heteroatoms. The van der Waals surface area contributed by atoms with E-state index in [1.165, 1.54) is 11.8 Å². The van der Waals surface area contributed by atoms with Crippen molar-refractivity contribution < 1.29 is 14.7 Å². The topological polar surface area (TPSA) is 72.9 Å². The lowest BCUT2D eigenvalue weighted by atomic mass is 10.0. The fraction of sp³-hybridized carbons (Fsp3) is 0.529. The molecule has 24 heavy (non-hydrogen) atoms. The normalized spacial score (nSPS) is 21.3. The molecule has 0 aliphatic carbocycles. The van der Waals surface area contributed by atoms with Crippen LogP contribution in [0.2, 0.25) is 0 Å². The molecular weight excluding hydrogens is 326 g/mol. The van der Waals surface area contributed by atoms with E-state index >= 15 is 0 Å². The largest absolute Gasteiger partial charge is 0.390 e. The van der Waals surface area contributed by atoms with Crippen LogP contribution in [0.25, 0.3) is 0 Å². The summed E-state index contributed by atoms with van der Waals surface area (Å²) in [5, 5.41) is 13.3. The van der Waals surface area contributed by atoms with Crippen molar-refractivity contribution in [2.24, 2.45) is 0 Å². The van der Waals surface area contributed by atoms with E-state index in [1.54, 1.807) is 25.1 Å². The van der Waals surface area contributed by atoms with E-state index in [2.05, 4.69) is 5.32 Å². The number of aliphatic hydroxyl groups excluding tert-OH is 1. The number of benzene rings is 1. The lowest BCUT2D eigenvalue weighted by Crippen LogP contribution is -2.55. The van der Waals surface area contributed by atoms with E-state index in [0.717, 1.165) is 4.90 Å². The van der Waals surface area contributed by atoms with Gasteiger partial charge in [0.25, 0.3) is 5.91 Å². The third kappa shape index (κ3) is 4.72. The number of thioether (sulfide) groups is 1. The molecule has 0 unspecified atom stereocenters. The summed E-state index contributed by atoms with van der Waals surface area (Å²) in [6, 6.07) is 7.14. The molecule has 1 saturated heterocycles. The maximum Gasteiger partial charge on any atom is 0.252 e. The Balaban J connectivity index is 1.93. The van der Waals surface area contributed by atoms with Crippen LogP contribution in [0.1, 0.15) is 16.8 Å². The van der Waals surface area contributed by atoms with Gasteiger partial charge in [0.15, 0.2) is 0 Å². The van der Waals surface area contributed by atoms with Gasteiger partial charge in [-0.25, -0.2) is 0 Å². The number of carbonyl (C=O) groups is 2. The number of carbonyl (C=O) groups excluding carboxylic acids is 2. The fourth-order valence-corrected chi connectivity index (χ4v) is 3.32. The van der Waals surface area contributed by atoms with Crippen LogP contribution in [0.3, 0.4) is 0 Å². The minimum absolute atomic E-state index is 0.0126. The second-order valence-electron chi connectivity index (χ2n) is 6.16. The molecule has 6 nitrogen and oxygen atoms in total. The predicted molar refractivity (Wildman–Crippen MR) is 95.2 cm³/mol. The Morgan fingerprint density at radius 2 is 2.08 bits per heavy atom. The van der Waals surface area contributed by atoms with Gasteiger partial charge in [-0.3, -0.25) is 14.5 Å². The molecule has 2 amide bonds. The zero-order valence-corrected chi connectivity index (χ0v) is 15.2. The molecule has 0 aromatic heterocycles. The highest BCUT2D eigenvalue weighted by atomic mass is 32.2. The van der Waals surface area contributed by atoms with Gasteiger partial charge in [0.2, 0.25) is 5.91 Å². The Kier molecular flexibility index (Phi) is 6.65. The molecule has 1 aromatic rings. The molecule has 2 rings (SSSR count). The number of piperidine rings is 1. The third-order valence-electron chi connectivity index (χ3n) is 4.19. The Bertz CT molecular complexity index is 594. The molecule has 2 N–H and O–H groups in total. The van der Waals surface area contributed by atoms with E-state index < -0.39 is 6.10 Å². The van der Waals surface area contributed by atoms with Crippen molar-refractivity contribution in [1.82, 2.24) is 15.1 Å². The number of nitrogens with one attached hydrogen (secondary N) is 1. The summed E-state index contributed by atoms with van der Waals surface area (Å²) in [7, 11) is 3.43. The highest BCUT2D eigenvalue weighted by molar-refractivity contribution is 7.98. The highest BCUT2D eigenvalue weighted by Crippen LogP contribution is 2.20. The van der Waals surface area contributed by atoms with Crippen LogP contribution in [0.15, 0.2) is 29.2 Å². The number of aliphatic hydroxyl groups is 1. The van der Waals surface area contributed by atoms with Crippen LogP contribution < -0.4 is 5.32 Å². The van der Waals surface area contributed by atoms with Crippen LogP contribution in [0.5, 0.6) is 0 Å². The first-order valence-electron chi connectivity index (χ1n) is 7.96. The van der Waals surface area contributed by atoms with E-state index in [-0.39, 0.29) is 17.9 Å². The number of β-amino-alcohol motifs (C(OH)–C–C–N with tert-alkyl or cyclic N) is 1. The minimum atomic E-state index is -0.681.